The lowest BCUT2D eigenvalue weighted by Crippen LogP contribution is -2.34. The molecule has 2 aromatic rings. The third-order valence-corrected chi connectivity index (χ3v) is 5.22. The zero-order chi connectivity index (χ0) is 18.6. The second-order valence-corrected chi connectivity index (χ2v) is 6.98. The summed E-state index contributed by atoms with van der Waals surface area (Å²) in [6, 6.07) is 2.68. The number of hydrogen-bond donors (Lipinski definition) is 2. The van der Waals surface area contributed by atoms with Crippen LogP contribution in [0.2, 0.25) is 0 Å². The smallest absolute Gasteiger partial charge is 0.341 e. The third-order valence-electron chi connectivity index (χ3n) is 5.22. The predicted octanol–water partition coefficient (Wildman–Crippen LogP) is 1.34. The minimum absolute atomic E-state index is 0.0878. The molecule has 26 heavy (non-hydrogen) atoms. The highest BCUT2D eigenvalue weighted by Gasteiger charge is 2.33. The molecule has 3 N–H and O–H groups in total. The van der Waals surface area contributed by atoms with E-state index < -0.39 is 17.2 Å². The summed E-state index contributed by atoms with van der Waals surface area (Å²) >= 11 is 0. The van der Waals surface area contributed by atoms with E-state index >= 15 is 0 Å². The van der Waals surface area contributed by atoms with Crippen molar-refractivity contribution in [3.8, 4) is 0 Å². The van der Waals surface area contributed by atoms with Crippen molar-refractivity contribution in [1.29, 1.82) is 0 Å². The number of carboxylic acids is 1. The number of nitrogens with zero attached hydrogens (tertiary/aromatic N) is 2. The average Bonchev–Trinajstić information content (AvgIpc) is 3.37. The van der Waals surface area contributed by atoms with Gasteiger partial charge in [0.05, 0.1) is 23.3 Å². The fraction of sp³-hybridized carbons (Fsp3) is 0.444. The Morgan fingerprint density at radius 1 is 1.35 bits per heavy atom. The Hall–Kier alpha value is -2.45. The third kappa shape index (κ3) is 2.65. The Balaban J connectivity index is 1.89. The molecule has 1 saturated heterocycles. The van der Waals surface area contributed by atoms with Crippen LogP contribution in [-0.2, 0) is 4.74 Å². The average molecular weight is 361 g/mol. The molecule has 2 heterocycles. The lowest BCUT2D eigenvalue weighted by molar-refractivity contribution is 0.0695. The van der Waals surface area contributed by atoms with Gasteiger partial charge < -0.3 is 25.0 Å². The summed E-state index contributed by atoms with van der Waals surface area (Å²) < 4.78 is 21.9. The molecule has 2 atom stereocenters. The summed E-state index contributed by atoms with van der Waals surface area (Å²) in [6.45, 7) is 0.906. The van der Waals surface area contributed by atoms with Crippen LogP contribution >= 0.6 is 0 Å². The number of carbonyl (C=O) groups is 1. The first-order chi connectivity index (χ1) is 12.4. The highest BCUT2D eigenvalue weighted by atomic mass is 19.1. The van der Waals surface area contributed by atoms with Crippen LogP contribution in [-0.4, -0.2) is 48.0 Å². The Morgan fingerprint density at radius 3 is 2.65 bits per heavy atom. The number of rotatable bonds is 4. The molecule has 2 aliphatic rings. The van der Waals surface area contributed by atoms with E-state index in [0.717, 1.165) is 18.9 Å². The number of pyridine rings is 1. The van der Waals surface area contributed by atoms with Crippen molar-refractivity contribution in [2.24, 2.45) is 5.73 Å². The van der Waals surface area contributed by atoms with Gasteiger partial charge in [0.25, 0.3) is 0 Å². The molecule has 8 heteroatoms. The molecular weight excluding hydrogens is 341 g/mol. The minimum atomic E-state index is -1.30. The van der Waals surface area contributed by atoms with Gasteiger partial charge in [0.2, 0.25) is 5.43 Å². The summed E-state index contributed by atoms with van der Waals surface area (Å²) in [6.07, 6.45) is 3.00. The monoisotopic (exact) mass is 361 g/mol. The maximum atomic E-state index is 14.8. The van der Waals surface area contributed by atoms with Gasteiger partial charge in [0, 0.05) is 37.8 Å². The van der Waals surface area contributed by atoms with Gasteiger partial charge in [0.15, 0.2) is 0 Å². The summed E-state index contributed by atoms with van der Waals surface area (Å²) in [7, 11) is 1.57. The van der Waals surface area contributed by atoms with Gasteiger partial charge in [-0.2, -0.15) is 0 Å². The van der Waals surface area contributed by atoms with Crippen molar-refractivity contribution in [3.05, 3.63) is 39.9 Å². The standard InChI is InChI=1S/C18H20FN3O4/c1-26-16-8-21(7-13(16)20)15-5-14-10(4-12(15)19)17(23)11(18(24)25)6-22(14)9-2-3-9/h4-6,9,13,16H,2-3,7-8,20H2,1H3,(H,24,25). The largest absolute Gasteiger partial charge is 0.477 e. The van der Waals surface area contributed by atoms with E-state index in [4.69, 9.17) is 10.5 Å². The van der Waals surface area contributed by atoms with Crippen LogP contribution in [0.15, 0.2) is 23.1 Å². The van der Waals surface area contributed by atoms with E-state index in [1.54, 1.807) is 22.6 Å². The molecule has 0 spiro atoms. The number of benzene rings is 1. The first-order valence-corrected chi connectivity index (χ1v) is 8.55. The predicted molar refractivity (Wildman–Crippen MR) is 94.4 cm³/mol. The first-order valence-electron chi connectivity index (χ1n) is 8.55. The van der Waals surface area contributed by atoms with Gasteiger partial charge in [-0.15, -0.1) is 0 Å². The Morgan fingerprint density at radius 2 is 2.08 bits per heavy atom. The van der Waals surface area contributed by atoms with Gasteiger partial charge in [-0.25, -0.2) is 9.18 Å². The van der Waals surface area contributed by atoms with E-state index in [0.29, 0.717) is 24.3 Å². The molecule has 1 aromatic heterocycles. The van der Waals surface area contributed by atoms with Crippen LogP contribution < -0.4 is 16.1 Å². The maximum absolute atomic E-state index is 14.8. The number of hydrogen-bond acceptors (Lipinski definition) is 5. The maximum Gasteiger partial charge on any atom is 0.341 e. The molecule has 138 valence electrons. The Kier molecular flexibility index (Phi) is 3.96. The second-order valence-electron chi connectivity index (χ2n) is 6.98. The van der Waals surface area contributed by atoms with Crippen LogP contribution in [0.5, 0.6) is 0 Å². The molecular formula is C18H20FN3O4. The lowest BCUT2D eigenvalue weighted by atomic mass is 10.1. The minimum Gasteiger partial charge on any atom is -0.477 e. The van der Waals surface area contributed by atoms with Crippen molar-refractivity contribution in [3.63, 3.8) is 0 Å². The Bertz CT molecular complexity index is 954. The first kappa shape index (κ1) is 17.0. The molecule has 1 aromatic carbocycles. The van der Waals surface area contributed by atoms with E-state index in [-0.39, 0.29) is 29.1 Å². The number of carboxylic acid groups (broad SMARTS) is 1. The fourth-order valence-electron chi connectivity index (χ4n) is 3.65. The van der Waals surface area contributed by atoms with Gasteiger partial charge in [-0.1, -0.05) is 0 Å². The number of ether oxygens (including phenoxy) is 1. The van der Waals surface area contributed by atoms with Crippen LogP contribution in [0.4, 0.5) is 10.1 Å². The fourth-order valence-corrected chi connectivity index (χ4v) is 3.65. The van der Waals surface area contributed by atoms with Crippen molar-refractivity contribution in [2.45, 2.75) is 31.0 Å². The SMILES string of the molecule is COC1CN(c2cc3c(cc2F)c(=O)c(C(=O)O)cn3C2CC2)CC1N. The van der Waals surface area contributed by atoms with Gasteiger partial charge in [0.1, 0.15) is 11.4 Å². The van der Waals surface area contributed by atoms with Gasteiger partial charge in [-0.05, 0) is 25.0 Å². The quantitative estimate of drug-likeness (QED) is 0.853. The molecule has 1 saturated carbocycles. The zero-order valence-corrected chi connectivity index (χ0v) is 14.3. The highest BCUT2D eigenvalue weighted by molar-refractivity contribution is 5.93. The highest BCUT2D eigenvalue weighted by Crippen LogP contribution is 2.38. The van der Waals surface area contributed by atoms with Crippen LogP contribution in [0.1, 0.15) is 29.2 Å². The van der Waals surface area contributed by atoms with Crippen molar-refractivity contribution in [1.82, 2.24) is 4.57 Å². The molecule has 2 unspecified atom stereocenters. The summed E-state index contributed by atoms with van der Waals surface area (Å²) in [5, 5.41) is 9.38. The number of anilines is 1. The number of methoxy groups -OCH3 is 1. The van der Waals surface area contributed by atoms with E-state index in [9.17, 15) is 19.1 Å². The van der Waals surface area contributed by atoms with Crippen LogP contribution in [0.3, 0.4) is 0 Å². The molecule has 1 aliphatic carbocycles. The normalized spacial score (nSPS) is 23.0. The summed E-state index contributed by atoms with van der Waals surface area (Å²) in [5.74, 6) is -1.87. The second kappa shape index (κ2) is 6.07. The van der Waals surface area contributed by atoms with Crippen LogP contribution in [0.25, 0.3) is 10.9 Å². The summed E-state index contributed by atoms with van der Waals surface area (Å²) in [4.78, 5) is 25.7. The number of aromatic nitrogens is 1. The van der Waals surface area contributed by atoms with Crippen LogP contribution in [0, 0.1) is 5.82 Å². The summed E-state index contributed by atoms with van der Waals surface area (Å²) in [5.41, 5.74) is 5.94. The van der Waals surface area contributed by atoms with E-state index in [1.165, 1.54) is 6.20 Å². The zero-order valence-electron chi connectivity index (χ0n) is 14.3. The van der Waals surface area contributed by atoms with Gasteiger partial charge >= 0.3 is 5.97 Å². The van der Waals surface area contributed by atoms with E-state index in [1.807, 2.05) is 0 Å². The topological polar surface area (TPSA) is 97.8 Å². The van der Waals surface area contributed by atoms with Gasteiger partial charge in [-0.3, -0.25) is 4.79 Å². The molecule has 7 nitrogen and oxygen atoms in total. The van der Waals surface area contributed by atoms with Crippen molar-refractivity contribution in [2.75, 3.05) is 25.1 Å². The molecule has 2 fully saturated rings. The molecule has 0 amide bonds. The lowest BCUT2D eigenvalue weighted by Gasteiger charge is -2.21. The molecule has 0 radical (unpaired) electrons. The van der Waals surface area contributed by atoms with Crippen molar-refractivity contribution < 1.29 is 19.0 Å². The Labute approximate surface area is 148 Å². The molecule has 4 rings (SSSR count). The molecule has 1 aliphatic heterocycles. The number of aromatic carboxylic acids is 1. The number of fused-ring (bicyclic) bond motifs is 1. The van der Waals surface area contributed by atoms with E-state index in [2.05, 4.69) is 0 Å². The number of nitrogens with two attached hydrogens (primary N) is 1. The number of halogens is 1. The van der Waals surface area contributed by atoms with Crippen molar-refractivity contribution >= 4 is 22.6 Å². The molecule has 0 bridgehead atoms.